The second-order valence-electron chi connectivity index (χ2n) is 10.6. The van der Waals surface area contributed by atoms with E-state index < -0.39 is 5.97 Å². The van der Waals surface area contributed by atoms with Crippen molar-refractivity contribution in [2.24, 2.45) is 4.58 Å². The monoisotopic (exact) mass is 2390 g/mol. The normalized spacial score (nSPS) is 8.61. The van der Waals surface area contributed by atoms with Crippen LogP contribution in [0.3, 0.4) is 0 Å². The number of rotatable bonds is 16. The van der Waals surface area contributed by atoms with Gasteiger partial charge in [-0.1, -0.05) is 0 Å². The van der Waals surface area contributed by atoms with Gasteiger partial charge in [0.1, 0.15) is 34.5 Å². The molecule has 0 atom stereocenters. The minimum absolute atomic E-state index is 0. The first-order valence-electron chi connectivity index (χ1n) is 15.5. The average molecular weight is 2380 g/mol. The molecule has 344 valence electrons. The number of nitrogens with zero attached hydrogens (tertiary/aromatic N) is 4. The number of aryl methyl sites for hydroxylation is 6. The molecule has 0 aliphatic carbocycles. The Morgan fingerprint density at radius 1 is 0.629 bits per heavy atom. The summed E-state index contributed by atoms with van der Waals surface area (Å²) in [5.74, 6) is 4.94. The Kier molecular flexibility index (Phi) is 64.3. The van der Waals surface area contributed by atoms with E-state index in [2.05, 4.69) is 80.5 Å². The Labute approximate surface area is 470 Å². The minimum atomic E-state index is -0.635. The van der Waals surface area contributed by atoms with E-state index in [1.807, 2.05) is 53.0 Å². The summed E-state index contributed by atoms with van der Waals surface area (Å²) >= 11 is 9.20. The fourth-order valence-corrected chi connectivity index (χ4v) is 4.23. The summed E-state index contributed by atoms with van der Waals surface area (Å²) in [4.78, 5) is 32.3. The van der Waals surface area contributed by atoms with Gasteiger partial charge in [0.2, 0.25) is 0 Å². The van der Waals surface area contributed by atoms with Gasteiger partial charge in [0.15, 0.2) is 11.9 Å². The van der Waals surface area contributed by atoms with Crippen LogP contribution in [0.2, 0.25) is 0 Å². The van der Waals surface area contributed by atoms with E-state index in [1.54, 1.807) is 52.3 Å². The molecule has 1 N–H and O–H groups in total. The molecule has 0 spiro atoms. The van der Waals surface area contributed by atoms with Crippen LogP contribution in [0.15, 0.2) is 41.0 Å². The first kappa shape index (κ1) is 81.9. The first-order valence-corrected chi connectivity index (χ1v) is 31.2. The van der Waals surface area contributed by atoms with Gasteiger partial charge in [-0.05, 0) is 122 Å². The fourth-order valence-electron chi connectivity index (χ4n) is 3.82. The number of hydrogen-bond donors (Lipinski definition) is 1. The van der Waals surface area contributed by atoms with E-state index in [9.17, 15) is 19.6 Å². The van der Waals surface area contributed by atoms with Crippen molar-refractivity contribution < 1.29 is 143 Å². The van der Waals surface area contributed by atoms with E-state index in [-0.39, 0.29) is 125 Å². The Bertz CT molecular complexity index is 1660. The van der Waals surface area contributed by atoms with Crippen molar-refractivity contribution in [3.05, 3.63) is 102 Å². The molecule has 0 unspecified atom stereocenters. The number of benzene rings is 3. The number of ether oxygens (including phenoxy) is 5. The molecular formula is C35H45BI3N4O9Re2Rf2Ru3S2V-2. The number of carbonyl (C=O) groups is 2. The van der Waals surface area contributed by atoms with Crippen LogP contribution in [0.25, 0.3) is 16.0 Å². The molecule has 0 bridgehead atoms. The van der Waals surface area contributed by atoms with Crippen molar-refractivity contribution in [1.82, 2.24) is 0 Å². The van der Waals surface area contributed by atoms with Crippen LogP contribution in [-0.2, 0) is 114 Å². The molecule has 0 amide bonds. The Balaban J connectivity index is -0.0000000884. The van der Waals surface area contributed by atoms with Crippen LogP contribution in [0, 0.1) is 58.0 Å². The molecule has 0 saturated carbocycles. The van der Waals surface area contributed by atoms with Gasteiger partial charge in [0, 0.05) is 69.5 Å². The number of aromatic hydroxyl groups is 1. The van der Waals surface area contributed by atoms with Gasteiger partial charge < -0.3 is 56.5 Å². The number of phenolic OH excluding ortho intramolecular Hbond substituents is 1. The zero-order chi connectivity index (χ0) is 41.2. The van der Waals surface area contributed by atoms with Gasteiger partial charge in [0.05, 0.1) is 0 Å². The van der Waals surface area contributed by atoms with Crippen LogP contribution >= 0.6 is 83.6 Å². The van der Waals surface area contributed by atoms with Crippen LogP contribution in [0.1, 0.15) is 33.4 Å². The Hall–Kier alpha value is -0.246. The number of carbonyl (C=O) groups excluding carboxylic acids is 2. The van der Waals surface area contributed by atoms with Crippen molar-refractivity contribution in [1.29, 1.82) is 0 Å². The van der Waals surface area contributed by atoms with Gasteiger partial charge in [-0.25, -0.2) is 11.5 Å². The maximum absolute atomic E-state index is 11.4. The molecule has 3 rings (SSSR count). The third-order valence-corrected chi connectivity index (χ3v) is 7.13. The number of thioether (sulfide) groups is 1. The van der Waals surface area contributed by atoms with E-state index in [4.69, 9.17) is 23.7 Å². The van der Waals surface area contributed by atoms with E-state index in [1.165, 1.54) is 17.5 Å². The zero-order valence-electron chi connectivity index (χ0n) is 35.4. The Morgan fingerprint density at radius 3 is 1.21 bits per heavy atom. The number of hydrogen-bond acceptors (Lipinski definition) is 12. The molecule has 8 radical (unpaired) electrons. The van der Waals surface area contributed by atoms with Crippen molar-refractivity contribution in [3.8, 4) is 34.5 Å². The molecular weight excluding hydrogens is 2340 g/mol. The number of esters is 2. The molecule has 3 aromatic rings. The summed E-state index contributed by atoms with van der Waals surface area (Å²) in [5, 5.41) is 20.9. The number of halogens is 3. The van der Waals surface area contributed by atoms with Crippen molar-refractivity contribution in [2.75, 3.05) is 47.6 Å². The Morgan fingerprint density at radius 2 is 0.903 bits per heavy atom. The second kappa shape index (κ2) is 48.7. The molecule has 0 aliphatic heterocycles. The third-order valence-electron chi connectivity index (χ3n) is 6.31. The summed E-state index contributed by atoms with van der Waals surface area (Å²) in [7, 11) is 5.05. The zero-order valence-corrected chi connectivity index (χ0v) is 68.4. The molecule has 62 heavy (non-hydrogen) atoms. The summed E-state index contributed by atoms with van der Waals surface area (Å²) < 4.78 is 29.0. The minimum Gasteiger partial charge on any atom is 0 e. The van der Waals surface area contributed by atoms with Crippen molar-refractivity contribution >= 4 is 104 Å². The summed E-state index contributed by atoms with van der Waals surface area (Å²) in [6, 6.07) is 10.6. The van der Waals surface area contributed by atoms with E-state index in [0.29, 0.717) is 48.4 Å². The molecule has 3 aromatic carbocycles. The standard InChI is InChI=1S/C13H17NO3S.C12H14N2O4S.C10H14NO2.B.3HI.2Re.2Rf.3Ru.V/c1-9-6-12(17-13(15)7-18-4)10(2)5-11(9)16-8-14-3;1-8-5-11(18-12(15)6-19-14-16)9(2)4-10(8)17-7-13-3;1-7-5-10(13-6-11-3)8(2)4-9(7)12;;;;;;;;;;;;/h5-7H,8H2,1-4H3;4-6H,7H2,1-3H3;4-5,12H,6H2,1-3H3;;3*1H;;;;;;;;/q2*-2;-1;;;;;;;;;3*+1;+3/p-3. The molecule has 0 heterocycles. The summed E-state index contributed by atoms with van der Waals surface area (Å²) in [6.07, 6.45) is 1.81. The van der Waals surface area contributed by atoms with Gasteiger partial charge in [-0.3, -0.25) is 9.59 Å². The van der Waals surface area contributed by atoms with Gasteiger partial charge in [-0.15, -0.1) is 16.9 Å². The largest absolute Gasteiger partial charge is 1.00 e. The predicted octanol–water partition coefficient (Wildman–Crippen LogP) is 10.8. The molecule has 27 heteroatoms. The van der Waals surface area contributed by atoms with E-state index >= 15 is 0 Å². The van der Waals surface area contributed by atoms with E-state index in [0.717, 1.165) is 50.6 Å². The van der Waals surface area contributed by atoms with Gasteiger partial charge in [0.25, 0.3) is 0 Å². The predicted molar refractivity (Wildman–Crippen MR) is 248 cm³/mol. The quantitative estimate of drug-likeness (QED) is 0.0275. The number of phenols is 1. The van der Waals surface area contributed by atoms with Gasteiger partial charge >= 0.3 is 123 Å². The molecule has 0 aliphatic rings. The van der Waals surface area contributed by atoms with Crippen LogP contribution < -0.4 is 23.7 Å². The fraction of sp³-hybridized carbons (Fsp3) is 0.371. The molecule has 0 aromatic heterocycles. The van der Waals surface area contributed by atoms with Crippen molar-refractivity contribution in [2.45, 2.75) is 41.5 Å². The maximum atomic E-state index is 11.4. The summed E-state index contributed by atoms with van der Waals surface area (Å²) in [6.45, 7) is 12.1. The van der Waals surface area contributed by atoms with Crippen LogP contribution in [0.5, 0.6) is 34.5 Å². The topological polar surface area (TPSA) is 172 Å². The van der Waals surface area contributed by atoms with Crippen LogP contribution in [0.4, 0.5) is 0 Å². The number of nitroso groups, excluding NO2 is 1. The molecule has 13 nitrogen and oxygen atoms in total. The second-order valence-corrected chi connectivity index (χ2v) is 47.3. The smallest absolute Gasteiger partial charge is 0 e. The van der Waals surface area contributed by atoms with Crippen molar-refractivity contribution in [3.63, 3.8) is 0 Å². The molecule has 0 saturated heterocycles. The van der Waals surface area contributed by atoms with Gasteiger partial charge in [-0.2, -0.15) is 21.1 Å². The SMILES string of the molecule is C[N-]COc1cc(C)c(O)cc1C.C[N-]COc1cc(C)c(OC(=O)[CH-]SC)cc1C.C[N-]COc1cc(C)c(OC(=O)[CH-]SN=O)cc1C.[B].[I][V]([I])[I].[Re].[Re].[Rf].[Rf].[Ru+].[Ru+].[Ru+]. The molecule has 0 fully saturated rings. The first-order chi connectivity index (χ1) is 25.5. The third kappa shape index (κ3) is 36.9. The average Bonchev–Trinajstić information content (AvgIpc) is 3.10. The van der Waals surface area contributed by atoms with Crippen LogP contribution in [-0.4, -0.2) is 73.0 Å². The summed E-state index contributed by atoms with van der Waals surface area (Å²) in [5.41, 5.74) is 5.09. The maximum Gasteiger partial charge on any atom is 1.00 e.